The van der Waals surface area contributed by atoms with Crippen LogP contribution < -0.4 is 5.32 Å². The number of nitrogens with zero attached hydrogens (tertiary/aromatic N) is 1. The van der Waals surface area contributed by atoms with E-state index in [-0.39, 0.29) is 24.4 Å². The van der Waals surface area contributed by atoms with Crippen molar-refractivity contribution in [1.82, 2.24) is 10.2 Å². The van der Waals surface area contributed by atoms with Gasteiger partial charge >= 0.3 is 12.0 Å². The van der Waals surface area contributed by atoms with Gasteiger partial charge in [-0.15, -0.1) is 0 Å². The zero-order valence-corrected chi connectivity index (χ0v) is 11.3. The summed E-state index contributed by atoms with van der Waals surface area (Å²) < 4.78 is 0. The highest BCUT2D eigenvalue weighted by molar-refractivity contribution is 5.83. The number of carbonyl (C=O) groups excluding carboxylic acids is 1. The summed E-state index contributed by atoms with van der Waals surface area (Å²) >= 11 is 0. The highest BCUT2D eigenvalue weighted by atomic mass is 16.4. The van der Waals surface area contributed by atoms with E-state index in [9.17, 15) is 14.7 Å². The number of carboxylic acid groups (broad SMARTS) is 1. The van der Waals surface area contributed by atoms with E-state index in [0.29, 0.717) is 0 Å². The minimum Gasteiger partial charge on any atom is -0.480 e. The SMILES string of the molecule is CC(NC(=O)N1CC(O)C[C@H]1C(=O)O)C(C)(C)C. The molecule has 1 rings (SSSR count). The number of nitrogens with one attached hydrogen (secondary N) is 1. The lowest BCUT2D eigenvalue weighted by atomic mass is 9.88. The average molecular weight is 258 g/mol. The van der Waals surface area contributed by atoms with E-state index in [1.807, 2.05) is 27.7 Å². The van der Waals surface area contributed by atoms with Crippen molar-refractivity contribution in [3.05, 3.63) is 0 Å². The number of rotatable bonds is 2. The van der Waals surface area contributed by atoms with Crippen molar-refractivity contribution in [3.8, 4) is 0 Å². The third-order valence-corrected chi connectivity index (χ3v) is 3.46. The summed E-state index contributed by atoms with van der Waals surface area (Å²) in [5, 5.41) is 21.3. The quantitative estimate of drug-likeness (QED) is 0.678. The number of likely N-dealkylation sites (tertiary alicyclic amines) is 1. The molecule has 0 aromatic heterocycles. The fourth-order valence-electron chi connectivity index (χ4n) is 1.76. The van der Waals surface area contributed by atoms with E-state index < -0.39 is 24.1 Å². The van der Waals surface area contributed by atoms with Crippen LogP contribution in [0.4, 0.5) is 4.79 Å². The summed E-state index contributed by atoms with van der Waals surface area (Å²) in [6.45, 7) is 7.92. The third-order valence-electron chi connectivity index (χ3n) is 3.46. The Morgan fingerprint density at radius 2 is 1.94 bits per heavy atom. The zero-order chi connectivity index (χ0) is 14.1. The molecule has 2 unspecified atom stereocenters. The van der Waals surface area contributed by atoms with Crippen LogP contribution in [0.2, 0.25) is 0 Å². The van der Waals surface area contributed by atoms with Crippen LogP contribution in [0.25, 0.3) is 0 Å². The molecule has 6 nitrogen and oxygen atoms in total. The molecule has 0 saturated carbocycles. The lowest BCUT2D eigenvalue weighted by molar-refractivity contribution is -0.141. The van der Waals surface area contributed by atoms with Crippen LogP contribution in [0, 0.1) is 5.41 Å². The number of aliphatic carboxylic acids is 1. The van der Waals surface area contributed by atoms with Gasteiger partial charge in [-0.25, -0.2) is 9.59 Å². The van der Waals surface area contributed by atoms with Gasteiger partial charge in [-0.3, -0.25) is 0 Å². The predicted octanol–water partition coefficient (Wildman–Crippen LogP) is 0.650. The monoisotopic (exact) mass is 258 g/mol. The van der Waals surface area contributed by atoms with Crippen molar-refractivity contribution >= 4 is 12.0 Å². The van der Waals surface area contributed by atoms with Gasteiger partial charge in [0.15, 0.2) is 0 Å². The number of aliphatic hydroxyl groups is 1. The molecule has 18 heavy (non-hydrogen) atoms. The van der Waals surface area contributed by atoms with Crippen molar-refractivity contribution in [3.63, 3.8) is 0 Å². The van der Waals surface area contributed by atoms with E-state index in [1.165, 1.54) is 4.90 Å². The van der Waals surface area contributed by atoms with Gasteiger partial charge in [0, 0.05) is 19.0 Å². The van der Waals surface area contributed by atoms with Crippen molar-refractivity contribution in [2.45, 2.75) is 52.3 Å². The van der Waals surface area contributed by atoms with Crippen molar-refractivity contribution in [2.24, 2.45) is 5.41 Å². The standard InChI is InChI=1S/C12H22N2O4/c1-7(12(2,3)4)13-11(18)14-6-8(15)5-9(14)10(16)17/h7-9,15H,5-6H2,1-4H3,(H,13,18)(H,16,17)/t7?,8?,9-/m0/s1. The van der Waals surface area contributed by atoms with Gasteiger partial charge in [-0.05, 0) is 12.3 Å². The Balaban J connectivity index is 2.69. The maximum absolute atomic E-state index is 12.0. The molecule has 0 aromatic carbocycles. The van der Waals surface area contributed by atoms with Crippen LogP contribution in [-0.4, -0.2) is 51.8 Å². The van der Waals surface area contributed by atoms with Gasteiger partial charge in [0.1, 0.15) is 6.04 Å². The van der Waals surface area contributed by atoms with Crippen LogP contribution in [0.1, 0.15) is 34.1 Å². The Morgan fingerprint density at radius 3 is 2.39 bits per heavy atom. The Labute approximate surface area is 107 Å². The maximum atomic E-state index is 12.0. The van der Waals surface area contributed by atoms with Crippen molar-refractivity contribution in [2.75, 3.05) is 6.54 Å². The first kappa shape index (κ1) is 14.8. The molecule has 104 valence electrons. The average Bonchev–Trinajstić information content (AvgIpc) is 2.58. The number of carboxylic acids is 1. The first-order valence-corrected chi connectivity index (χ1v) is 6.11. The van der Waals surface area contributed by atoms with E-state index in [2.05, 4.69) is 5.32 Å². The number of hydrogen-bond donors (Lipinski definition) is 3. The van der Waals surface area contributed by atoms with E-state index >= 15 is 0 Å². The Hall–Kier alpha value is -1.30. The Bertz CT molecular complexity index is 337. The molecule has 0 bridgehead atoms. The third kappa shape index (κ3) is 3.35. The zero-order valence-electron chi connectivity index (χ0n) is 11.3. The van der Waals surface area contributed by atoms with E-state index in [0.717, 1.165) is 0 Å². The molecule has 0 spiro atoms. The largest absolute Gasteiger partial charge is 0.480 e. The Morgan fingerprint density at radius 1 is 1.39 bits per heavy atom. The highest BCUT2D eigenvalue weighted by Crippen LogP contribution is 2.21. The smallest absolute Gasteiger partial charge is 0.326 e. The molecule has 6 heteroatoms. The second-order valence-corrected chi connectivity index (χ2v) is 5.93. The fraction of sp³-hybridized carbons (Fsp3) is 0.833. The molecule has 0 aromatic rings. The second-order valence-electron chi connectivity index (χ2n) is 5.93. The summed E-state index contributed by atoms with van der Waals surface area (Å²) in [5.41, 5.74) is -0.104. The number of urea groups is 1. The van der Waals surface area contributed by atoms with Crippen LogP contribution >= 0.6 is 0 Å². The van der Waals surface area contributed by atoms with Crippen LogP contribution in [0.15, 0.2) is 0 Å². The summed E-state index contributed by atoms with van der Waals surface area (Å²) in [6.07, 6.45) is -0.672. The molecule has 0 radical (unpaired) electrons. The molecule has 3 atom stereocenters. The van der Waals surface area contributed by atoms with Crippen molar-refractivity contribution in [1.29, 1.82) is 0 Å². The Kier molecular flexibility index (Phi) is 4.21. The van der Waals surface area contributed by atoms with Crippen LogP contribution in [-0.2, 0) is 4.79 Å². The first-order valence-electron chi connectivity index (χ1n) is 6.11. The van der Waals surface area contributed by atoms with E-state index in [1.54, 1.807) is 0 Å². The van der Waals surface area contributed by atoms with E-state index in [4.69, 9.17) is 5.11 Å². The maximum Gasteiger partial charge on any atom is 0.326 e. The lowest BCUT2D eigenvalue weighted by Crippen LogP contribution is -2.51. The number of carbonyl (C=O) groups is 2. The van der Waals surface area contributed by atoms with Gasteiger partial charge in [0.25, 0.3) is 0 Å². The minimum absolute atomic E-state index is 0.0691. The minimum atomic E-state index is -1.08. The topological polar surface area (TPSA) is 89.9 Å². The van der Waals surface area contributed by atoms with Gasteiger partial charge < -0.3 is 20.4 Å². The lowest BCUT2D eigenvalue weighted by Gasteiger charge is -2.31. The van der Waals surface area contributed by atoms with Crippen LogP contribution in [0.3, 0.4) is 0 Å². The number of amides is 2. The molecule has 1 saturated heterocycles. The normalized spacial score (nSPS) is 25.9. The predicted molar refractivity (Wildman–Crippen MR) is 66.2 cm³/mol. The molecular weight excluding hydrogens is 236 g/mol. The van der Waals surface area contributed by atoms with Crippen LogP contribution in [0.5, 0.6) is 0 Å². The molecule has 1 fully saturated rings. The van der Waals surface area contributed by atoms with Crippen molar-refractivity contribution < 1.29 is 19.8 Å². The van der Waals surface area contributed by atoms with Gasteiger partial charge in [0.2, 0.25) is 0 Å². The summed E-state index contributed by atoms with van der Waals surface area (Å²) in [6, 6.07) is -1.45. The number of aliphatic hydroxyl groups excluding tert-OH is 1. The van der Waals surface area contributed by atoms with Gasteiger partial charge in [-0.2, -0.15) is 0 Å². The molecule has 0 aliphatic carbocycles. The fourth-order valence-corrected chi connectivity index (χ4v) is 1.76. The molecular formula is C12H22N2O4. The summed E-state index contributed by atoms with van der Waals surface area (Å²) in [7, 11) is 0. The number of β-amino-alcohol motifs (C(OH)–C–C–N with tert-alkyl or cyclic N) is 1. The van der Waals surface area contributed by atoms with Gasteiger partial charge in [-0.1, -0.05) is 20.8 Å². The summed E-state index contributed by atoms with van der Waals surface area (Å²) in [4.78, 5) is 24.2. The summed E-state index contributed by atoms with van der Waals surface area (Å²) in [5.74, 6) is -1.08. The second kappa shape index (κ2) is 5.14. The highest BCUT2D eigenvalue weighted by Gasteiger charge is 2.39. The molecule has 2 amide bonds. The molecule has 3 N–H and O–H groups in total. The van der Waals surface area contributed by atoms with Gasteiger partial charge in [0.05, 0.1) is 6.10 Å². The number of hydrogen-bond acceptors (Lipinski definition) is 3. The molecule has 1 heterocycles. The first-order chi connectivity index (χ1) is 8.12. The molecule has 1 aliphatic rings. The molecule has 1 aliphatic heterocycles.